The van der Waals surface area contributed by atoms with Crippen LogP contribution in [0.2, 0.25) is 5.02 Å². The molecule has 1 fully saturated rings. The number of alkyl halides is 3. The molecule has 0 amide bonds. The van der Waals surface area contributed by atoms with Crippen molar-refractivity contribution in [3.05, 3.63) is 106 Å². The summed E-state index contributed by atoms with van der Waals surface area (Å²) >= 11 is 6.37. The number of halogens is 6. The minimum absolute atomic E-state index is 0. The molecule has 0 spiro atoms. The topological polar surface area (TPSA) is 12.0 Å². The molecule has 0 saturated heterocycles. The molecule has 1 N–H and O–H groups in total. The van der Waals surface area contributed by atoms with Crippen molar-refractivity contribution in [1.82, 2.24) is 5.32 Å². The quantitative estimate of drug-likeness (QED) is 0.222. The summed E-state index contributed by atoms with van der Waals surface area (Å²) in [4.78, 5) is 0. The van der Waals surface area contributed by atoms with Gasteiger partial charge in [0.1, 0.15) is 5.82 Å². The molecule has 1 aliphatic carbocycles. The van der Waals surface area contributed by atoms with Crippen LogP contribution in [0.5, 0.6) is 0 Å². The van der Waals surface area contributed by atoms with Crippen LogP contribution in [0.4, 0.5) is 17.6 Å². The Morgan fingerprint density at radius 2 is 1.42 bits per heavy atom. The normalized spacial score (nSPS) is 18.9. The summed E-state index contributed by atoms with van der Waals surface area (Å²) in [7, 11) is 0. The van der Waals surface area contributed by atoms with E-state index in [1.54, 1.807) is 24.3 Å². The summed E-state index contributed by atoms with van der Waals surface area (Å²) in [5, 5.41) is 4.51. The van der Waals surface area contributed by atoms with Crippen LogP contribution in [0.15, 0.2) is 72.8 Å². The molecule has 3 aromatic carbocycles. The number of benzene rings is 3. The first-order chi connectivity index (χ1) is 16.8. The van der Waals surface area contributed by atoms with Crippen LogP contribution in [0.25, 0.3) is 0 Å². The van der Waals surface area contributed by atoms with Crippen LogP contribution >= 0.6 is 24.0 Å². The standard InChI is InChI=1S/C29H30ClF4N.ClH/c30-28-6-2-1-4-27(28)22-11-17-25(18-12-22)35-19-3-5-26(21-9-15-24(31)16-10-21)20-7-13-23(14-8-20)29(32,33)34;/h1-2,4,6-10,13-16,22,25-26,35H,3,5,11-12,17-19H2;1H. The van der Waals surface area contributed by atoms with Crippen molar-refractivity contribution in [3.8, 4) is 0 Å². The van der Waals surface area contributed by atoms with E-state index in [0.29, 0.717) is 12.0 Å². The highest BCUT2D eigenvalue weighted by Gasteiger charge is 2.30. The lowest BCUT2D eigenvalue weighted by molar-refractivity contribution is -0.137. The van der Waals surface area contributed by atoms with Gasteiger partial charge < -0.3 is 5.32 Å². The molecular formula is C29H31Cl2F4N. The molecule has 194 valence electrons. The van der Waals surface area contributed by atoms with Crippen molar-refractivity contribution in [3.63, 3.8) is 0 Å². The zero-order valence-corrected chi connectivity index (χ0v) is 21.5. The first-order valence-electron chi connectivity index (χ1n) is 12.2. The maximum absolute atomic E-state index is 13.5. The van der Waals surface area contributed by atoms with E-state index in [2.05, 4.69) is 11.4 Å². The summed E-state index contributed by atoms with van der Waals surface area (Å²) < 4.78 is 52.5. The molecule has 7 heteroatoms. The molecule has 1 nitrogen and oxygen atoms in total. The number of hydrogen-bond acceptors (Lipinski definition) is 1. The van der Waals surface area contributed by atoms with Gasteiger partial charge in [-0.2, -0.15) is 13.2 Å². The van der Waals surface area contributed by atoms with Gasteiger partial charge in [-0.1, -0.05) is 54.1 Å². The van der Waals surface area contributed by atoms with Gasteiger partial charge in [0.05, 0.1) is 5.56 Å². The Hall–Kier alpha value is -2.08. The zero-order chi connectivity index (χ0) is 24.8. The first-order valence-corrected chi connectivity index (χ1v) is 12.6. The minimum Gasteiger partial charge on any atom is -0.314 e. The molecule has 0 bridgehead atoms. The van der Waals surface area contributed by atoms with Gasteiger partial charge >= 0.3 is 6.18 Å². The van der Waals surface area contributed by atoms with Crippen LogP contribution in [0.1, 0.15) is 72.6 Å². The van der Waals surface area contributed by atoms with Crippen LogP contribution in [0, 0.1) is 5.82 Å². The SMILES string of the molecule is Cl.Fc1ccc(C(CCCNC2CCC(c3ccccc3Cl)CC2)c2ccc(C(F)(F)F)cc2)cc1. The molecule has 0 aliphatic heterocycles. The highest BCUT2D eigenvalue weighted by atomic mass is 35.5. The zero-order valence-electron chi connectivity index (χ0n) is 19.9. The van der Waals surface area contributed by atoms with E-state index in [-0.39, 0.29) is 24.1 Å². The summed E-state index contributed by atoms with van der Waals surface area (Å²) in [6.07, 6.45) is 1.66. The van der Waals surface area contributed by atoms with Gasteiger partial charge in [-0.05, 0) is 98.0 Å². The van der Waals surface area contributed by atoms with Gasteiger partial charge in [0.25, 0.3) is 0 Å². The van der Waals surface area contributed by atoms with Crippen molar-refractivity contribution in [2.24, 2.45) is 0 Å². The molecule has 1 atom stereocenters. The van der Waals surface area contributed by atoms with E-state index in [1.807, 2.05) is 18.2 Å². The average molecular weight is 540 g/mol. The van der Waals surface area contributed by atoms with E-state index in [9.17, 15) is 17.6 Å². The van der Waals surface area contributed by atoms with Crippen LogP contribution in [0.3, 0.4) is 0 Å². The third-order valence-electron chi connectivity index (χ3n) is 7.09. The highest BCUT2D eigenvalue weighted by Crippen LogP contribution is 2.37. The molecule has 1 aliphatic rings. The fourth-order valence-electron chi connectivity index (χ4n) is 5.15. The minimum atomic E-state index is -4.36. The third-order valence-corrected chi connectivity index (χ3v) is 7.43. The summed E-state index contributed by atoms with van der Waals surface area (Å²) in [5.74, 6) is 0.0916. The third kappa shape index (κ3) is 7.47. The molecule has 36 heavy (non-hydrogen) atoms. The Morgan fingerprint density at radius 1 is 0.833 bits per heavy atom. The Morgan fingerprint density at radius 3 is 2.00 bits per heavy atom. The molecule has 0 heterocycles. The largest absolute Gasteiger partial charge is 0.416 e. The van der Waals surface area contributed by atoms with Crippen molar-refractivity contribution >= 4 is 24.0 Å². The van der Waals surface area contributed by atoms with E-state index in [1.165, 1.54) is 17.7 Å². The van der Waals surface area contributed by atoms with Gasteiger partial charge in [0, 0.05) is 17.0 Å². The number of rotatable bonds is 8. The van der Waals surface area contributed by atoms with E-state index in [0.717, 1.165) is 73.4 Å². The summed E-state index contributed by atoms with van der Waals surface area (Å²) in [5.41, 5.74) is 2.30. The van der Waals surface area contributed by atoms with Gasteiger partial charge in [-0.3, -0.25) is 0 Å². The van der Waals surface area contributed by atoms with Crippen molar-refractivity contribution in [2.75, 3.05) is 6.54 Å². The lowest BCUT2D eigenvalue weighted by Crippen LogP contribution is -2.33. The van der Waals surface area contributed by atoms with Gasteiger partial charge in [-0.15, -0.1) is 12.4 Å². The molecule has 1 saturated carbocycles. The second kappa shape index (κ2) is 12.9. The van der Waals surface area contributed by atoms with Crippen molar-refractivity contribution in [2.45, 2.75) is 62.6 Å². The Balaban J connectivity index is 0.00000361. The second-order valence-corrected chi connectivity index (χ2v) is 9.80. The molecule has 4 rings (SSSR count). The first kappa shape index (κ1) is 28.5. The Bertz CT molecular complexity index is 1080. The summed E-state index contributed by atoms with van der Waals surface area (Å²) in [6.45, 7) is 0.833. The predicted octanol–water partition coefficient (Wildman–Crippen LogP) is 9.15. The number of nitrogens with one attached hydrogen (secondary N) is 1. The van der Waals surface area contributed by atoms with Crippen LogP contribution < -0.4 is 5.32 Å². The predicted molar refractivity (Wildman–Crippen MR) is 141 cm³/mol. The molecule has 1 unspecified atom stereocenters. The molecule has 0 radical (unpaired) electrons. The fourth-order valence-corrected chi connectivity index (χ4v) is 5.44. The van der Waals surface area contributed by atoms with Crippen LogP contribution in [-0.2, 0) is 6.18 Å². The lowest BCUT2D eigenvalue weighted by Gasteiger charge is -2.30. The van der Waals surface area contributed by atoms with E-state index >= 15 is 0 Å². The molecular weight excluding hydrogens is 509 g/mol. The average Bonchev–Trinajstić information content (AvgIpc) is 2.85. The molecule has 0 aromatic heterocycles. The smallest absolute Gasteiger partial charge is 0.314 e. The van der Waals surface area contributed by atoms with E-state index < -0.39 is 11.7 Å². The van der Waals surface area contributed by atoms with Gasteiger partial charge in [-0.25, -0.2) is 4.39 Å². The van der Waals surface area contributed by atoms with E-state index in [4.69, 9.17) is 11.6 Å². The Kier molecular flexibility index (Phi) is 10.2. The lowest BCUT2D eigenvalue weighted by atomic mass is 9.81. The maximum atomic E-state index is 13.5. The highest BCUT2D eigenvalue weighted by molar-refractivity contribution is 6.31. The monoisotopic (exact) mass is 539 g/mol. The van der Waals surface area contributed by atoms with Crippen LogP contribution in [-0.4, -0.2) is 12.6 Å². The summed E-state index contributed by atoms with van der Waals surface area (Å²) in [6, 6.07) is 20.1. The second-order valence-electron chi connectivity index (χ2n) is 9.39. The van der Waals surface area contributed by atoms with Crippen molar-refractivity contribution in [1.29, 1.82) is 0 Å². The van der Waals surface area contributed by atoms with Gasteiger partial charge in [0.15, 0.2) is 0 Å². The van der Waals surface area contributed by atoms with Crippen molar-refractivity contribution < 1.29 is 17.6 Å². The Labute approximate surface area is 221 Å². The fraction of sp³-hybridized carbons (Fsp3) is 0.379. The van der Waals surface area contributed by atoms with Gasteiger partial charge in [0.2, 0.25) is 0 Å². The maximum Gasteiger partial charge on any atom is 0.416 e. The number of hydrogen-bond donors (Lipinski definition) is 1. The molecule has 3 aromatic rings.